The van der Waals surface area contributed by atoms with Crippen molar-refractivity contribution in [1.29, 1.82) is 0 Å². The van der Waals surface area contributed by atoms with Gasteiger partial charge in [0.1, 0.15) is 12.1 Å². The van der Waals surface area contributed by atoms with Gasteiger partial charge in [0, 0.05) is 25.8 Å². The molecule has 0 unspecified atom stereocenters. The third kappa shape index (κ3) is 5.96. The highest BCUT2D eigenvalue weighted by atomic mass is 16.5. The molecule has 2 amide bonds. The van der Waals surface area contributed by atoms with E-state index in [-0.39, 0.29) is 24.2 Å². The molecule has 0 saturated heterocycles. The summed E-state index contributed by atoms with van der Waals surface area (Å²) in [6.07, 6.45) is 5.28. The maximum absolute atomic E-state index is 13.5. The highest BCUT2D eigenvalue weighted by molar-refractivity contribution is 5.98. The van der Waals surface area contributed by atoms with Crippen molar-refractivity contribution < 1.29 is 19.1 Å². The minimum atomic E-state index is -0.251. The van der Waals surface area contributed by atoms with Crippen LogP contribution in [0.25, 0.3) is 0 Å². The van der Waals surface area contributed by atoms with Crippen molar-refractivity contribution in [2.45, 2.75) is 39.5 Å². The molecule has 1 aromatic heterocycles. The topological polar surface area (TPSA) is 72.0 Å². The summed E-state index contributed by atoms with van der Waals surface area (Å²) in [5.41, 5.74) is 0.335. The summed E-state index contributed by atoms with van der Waals surface area (Å²) in [7, 11) is 0. The van der Waals surface area contributed by atoms with Gasteiger partial charge in [0.25, 0.3) is 5.91 Å². The summed E-state index contributed by atoms with van der Waals surface area (Å²) in [6, 6.07) is 10.8. The van der Waals surface area contributed by atoms with Gasteiger partial charge in [0.15, 0.2) is 11.5 Å². The molecule has 0 N–H and O–H groups in total. The second kappa shape index (κ2) is 11.3. The molecule has 2 aromatic rings. The number of hydrogen-bond donors (Lipinski definition) is 0. The summed E-state index contributed by atoms with van der Waals surface area (Å²) in [4.78, 5) is 33.9. The van der Waals surface area contributed by atoms with Gasteiger partial charge in [-0.15, -0.1) is 0 Å². The number of para-hydroxylation sites is 2. The molecule has 7 heteroatoms. The van der Waals surface area contributed by atoms with Gasteiger partial charge in [0.2, 0.25) is 11.8 Å². The lowest BCUT2D eigenvalue weighted by Gasteiger charge is -2.27. The monoisotopic (exact) mass is 425 g/mol. The van der Waals surface area contributed by atoms with E-state index >= 15 is 0 Å². The molecule has 1 aromatic carbocycles. The fraction of sp³-hybridized carbons (Fsp3) is 0.458. The van der Waals surface area contributed by atoms with Gasteiger partial charge < -0.3 is 19.3 Å². The van der Waals surface area contributed by atoms with Crippen molar-refractivity contribution in [1.82, 2.24) is 14.8 Å². The third-order valence-corrected chi connectivity index (χ3v) is 5.37. The van der Waals surface area contributed by atoms with Crippen LogP contribution in [0.15, 0.2) is 42.6 Å². The molecule has 0 spiro atoms. The zero-order valence-corrected chi connectivity index (χ0v) is 18.4. The molecule has 0 fully saturated rings. The first-order valence-corrected chi connectivity index (χ1v) is 11.1. The van der Waals surface area contributed by atoms with Gasteiger partial charge >= 0.3 is 0 Å². The van der Waals surface area contributed by atoms with Gasteiger partial charge in [-0.3, -0.25) is 9.59 Å². The van der Waals surface area contributed by atoms with Crippen LogP contribution >= 0.6 is 0 Å². The zero-order valence-electron chi connectivity index (χ0n) is 18.4. The Balaban J connectivity index is 1.92. The lowest BCUT2D eigenvalue weighted by Crippen LogP contribution is -2.43. The Morgan fingerprint density at radius 1 is 1.03 bits per heavy atom. The predicted octanol–water partition coefficient (Wildman–Crippen LogP) is 4.14. The second-order valence-corrected chi connectivity index (χ2v) is 7.46. The van der Waals surface area contributed by atoms with Crippen LogP contribution in [0.5, 0.6) is 17.4 Å². The maximum Gasteiger partial charge on any atom is 0.259 e. The number of fused-ring (bicyclic) bond motifs is 2. The summed E-state index contributed by atoms with van der Waals surface area (Å²) in [6.45, 7) is 6.28. The summed E-state index contributed by atoms with van der Waals surface area (Å²) < 4.78 is 11.9. The zero-order chi connectivity index (χ0) is 22.1. The Bertz CT molecular complexity index is 883. The van der Waals surface area contributed by atoms with Gasteiger partial charge in [-0.05, 0) is 51.0 Å². The van der Waals surface area contributed by atoms with Crippen LogP contribution in [0.1, 0.15) is 49.9 Å². The highest BCUT2D eigenvalue weighted by Crippen LogP contribution is 2.32. The Morgan fingerprint density at radius 3 is 2.55 bits per heavy atom. The maximum atomic E-state index is 13.5. The summed E-state index contributed by atoms with van der Waals surface area (Å²) in [5.74, 6) is 1.04. The Labute approximate surface area is 184 Å². The minimum Gasteiger partial charge on any atom is -0.490 e. The predicted molar refractivity (Wildman–Crippen MR) is 119 cm³/mol. The fourth-order valence-corrected chi connectivity index (χ4v) is 3.60. The number of amides is 2. The van der Waals surface area contributed by atoms with Crippen LogP contribution < -0.4 is 9.47 Å². The number of benzene rings is 1. The summed E-state index contributed by atoms with van der Waals surface area (Å²) in [5, 5.41) is 0. The number of rotatable bonds is 4. The highest BCUT2D eigenvalue weighted by Gasteiger charge is 2.25. The van der Waals surface area contributed by atoms with E-state index in [0.717, 1.165) is 25.7 Å². The van der Waals surface area contributed by atoms with Gasteiger partial charge in [-0.25, -0.2) is 4.98 Å². The van der Waals surface area contributed by atoms with E-state index in [4.69, 9.17) is 9.47 Å². The van der Waals surface area contributed by atoms with E-state index in [2.05, 4.69) is 4.98 Å². The van der Waals surface area contributed by atoms with Crippen LogP contribution in [0.4, 0.5) is 0 Å². The average Bonchev–Trinajstić information content (AvgIpc) is 2.79. The fourth-order valence-electron chi connectivity index (χ4n) is 3.60. The van der Waals surface area contributed by atoms with E-state index in [1.54, 1.807) is 34.2 Å². The average molecular weight is 426 g/mol. The smallest absolute Gasteiger partial charge is 0.259 e. The molecule has 1 aliphatic heterocycles. The SMILES string of the molecule is CCN(CC)C(=O)CN1CCCCCCOc2ccccc2Oc2ncccc2C1=O. The molecule has 166 valence electrons. The van der Waals surface area contributed by atoms with E-state index in [9.17, 15) is 9.59 Å². The number of pyridine rings is 1. The van der Waals surface area contributed by atoms with Crippen molar-refractivity contribution in [3.8, 4) is 17.4 Å². The Kier molecular flexibility index (Phi) is 8.27. The molecule has 0 radical (unpaired) electrons. The first-order chi connectivity index (χ1) is 15.1. The van der Waals surface area contributed by atoms with Crippen molar-refractivity contribution in [2.24, 2.45) is 0 Å². The van der Waals surface area contributed by atoms with E-state index in [1.165, 1.54) is 0 Å². The molecular formula is C24H31N3O4. The van der Waals surface area contributed by atoms with Gasteiger partial charge in [-0.1, -0.05) is 25.0 Å². The van der Waals surface area contributed by atoms with E-state index in [0.29, 0.717) is 43.3 Å². The molecular weight excluding hydrogens is 394 g/mol. The molecule has 0 saturated carbocycles. The number of carbonyl (C=O) groups excluding carboxylic acids is 2. The first kappa shape index (κ1) is 22.6. The molecule has 31 heavy (non-hydrogen) atoms. The van der Waals surface area contributed by atoms with Crippen molar-refractivity contribution in [3.05, 3.63) is 48.2 Å². The van der Waals surface area contributed by atoms with Crippen LogP contribution in [0, 0.1) is 0 Å². The number of likely N-dealkylation sites (N-methyl/N-ethyl adjacent to an activating group) is 1. The van der Waals surface area contributed by atoms with Crippen molar-refractivity contribution in [3.63, 3.8) is 0 Å². The molecule has 3 rings (SSSR count). The van der Waals surface area contributed by atoms with Gasteiger partial charge in [-0.2, -0.15) is 0 Å². The first-order valence-electron chi connectivity index (χ1n) is 11.1. The van der Waals surface area contributed by atoms with Crippen molar-refractivity contribution >= 4 is 11.8 Å². The standard InChI is InChI=1S/C24H31N3O4/c1-3-26(4-2)22(28)18-27-16-9-5-6-10-17-30-20-13-7-8-14-21(20)31-23-19(24(27)29)12-11-15-25-23/h7-8,11-15H,3-6,9-10,16-18H2,1-2H3. The number of aromatic nitrogens is 1. The number of ether oxygens (including phenoxy) is 2. The number of hydrogen-bond acceptors (Lipinski definition) is 5. The Morgan fingerprint density at radius 2 is 1.77 bits per heavy atom. The van der Waals surface area contributed by atoms with E-state index in [1.807, 2.05) is 32.0 Å². The quantitative estimate of drug-likeness (QED) is 0.736. The van der Waals surface area contributed by atoms with Crippen LogP contribution in [-0.2, 0) is 4.79 Å². The van der Waals surface area contributed by atoms with Crippen LogP contribution in [0.3, 0.4) is 0 Å². The molecule has 0 aliphatic carbocycles. The third-order valence-electron chi connectivity index (χ3n) is 5.37. The van der Waals surface area contributed by atoms with Gasteiger partial charge in [0.05, 0.1) is 6.61 Å². The molecule has 2 heterocycles. The normalized spacial score (nSPS) is 15.0. The minimum absolute atomic E-state index is 0.0501. The van der Waals surface area contributed by atoms with E-state index < -0.39 is 0 Å². The molecule has 1 aliphatic rings. The van der Waals surface area contributed by atoms with Crippen molar-refractivity contribution in [2.75, 3.05) is 32.8 Å². The molecule has 0 bridgehead atoms. The number of carbonyl (C=O) groups is 2. The second-order valence-electron chi connectivity index (χ2n) is 7.46. The lowest BCUT2D eigenvalue weighted by atomic mass is 10.1. The van der Waals surface area contributed by atoms with Crippen LogP contribution in [-0.4, -0.2) is 59.4 Å². The lowest BCUT2D eigenvalue weighted by molar-refractivity contribution is -0.131. The largest absolute Gasteiger partial charge is 0.490 e. The molecule has 7 nitrogen and oxygen atoms in total. The summed E-state index contributed by atoms with van der Waals surface area (Å²) >= 11 is 0. The Hall–Kier alpha value is -3.09. The van der Waals surface area contributed by atoms with Crippen LogP contribution in [0.2, 0.25) is 0 Å². The number of nitrogens with zero attached hydrogens (tertiary/aromatic N) is 3. The molecule has 0 atom stereocenters.